The minimum Gasteiger partial charge on any atom is -0.441 e. The Balaban J connectivity index is 1.76. The number of halogens is 1. The molecule has 1 amide bonds. The molecule has 7 heteroatoms. The van der Waals surface area contributed by atoms with E-state index in [1.54, 1.807) is 19.9 Å². The van der Waals surface area contributed by atoms with E-state index in [1.807, 2.05) is 49.4 Å². The van der Waals surface area contributed by atoms with E-state index in [1.165, 1.54) is 0 Å². The van der Waals surface area contributed by atoms with Gasteiger partial charge < -0.3 is 14.0 Å². The highest BCUT2D eigenvalue weighted by Crippen LogP contribution is 2.32. The molecular formula is C22H23ClN2O4. The van der Waals surface area contributed by atoms with Crippen molar-refractivity contribution in [1.29, 1.82) is 0 Å². The molecule has 0 aliphatic rings. The third-order valence-corrected chi connectivity index (χ3v) is 4.72. The van der Waals surface area contributed by atoms with Crippen LogP contribution in [0, 0.1) is 6.92 Å². The fraction of sp³-hybridized carbons (Fsp3) is 0.273. The second-order valence-corrected chi connectivity index (χ2v) is 6.91. The van der Waals surface area contributed by atoms with Crippen LogP contribution in [0.2, 0.25) is 5.02 Å². The summed E-state index contributed by atoms with van der Waals surface area (Å²) in [6, 6.07) is 14.9. The van der Waals surface area contributed by atoms with Crippen molar-refractivity contribution >= 4 is 23.4 Å². The molecule has 1 atom stereocenters. The SMILES string of the molecule is CCOCc1cccc(-c2onc(C)c2NC(=O)OC(C)c2ccccc2Cl)c1. The van der Waals surface area contributed by atoms with Gasteiger partial charge in [-0.15, -0.1) is 0 Å². The van der Waals surface area contributed by atoms with E-state index in [4.69, 9.17) is 25.6 Å². The lowest BCUT2D eigenvalue weighted by atomic mass is 10.1. The molecule has 2 aromatic carbocycles. The van der Waals surface area contributed by atoms with Crippen molar-refractivity contribution in [2.24, 2.45) is 0 Å². The molecular weight excluding hydrogens is 392 g/mol. The number of anilines is 1. The zero-order chi connectivity index (χ0) is 20.8. The Labute approximate surface area is 174 Å². The Bertz CT molecular complexity index is 986. The average Bonchev–Trinajstić information content (AvgIpc) is 3.07. The van der Waals surface area contributed by atoms with Crippen LogP contribution in [0.5, 0.6) is 0 Å². The first kappa shape index (κ1) is 20.9. The summed E-state index contributed by atoms with van der Waals surface area (Å²) in [6.07, 6.45) is -1.13. The van der Waals surface area contributed by atoms with Crippen LogP contribution >= 0.6 is 11.6 Å². The molecule has 0 radical (unpaired) electrons. The zero-order valence-electron chi connectivity index (χ0n) is 16.6. The standard InChI is InChI=1S/C22H23ClN2O4/c1-4-27-13-16-8-7-9-17(12-16)21-20(14(2)25-29-21)24-22(26)28-15(3)18-10-5-6-11-19(18)23/h5-12,15H,4,13H2,1-3H3,(H,24,26). The summed E-state index contributed by atoms with van der Waals surface area (Å²) in [5.74, 6) is 0.461. The third kappa shape index (κ3) is 5.16. The number of nitrogens with one attached hydrogen (secondary N) is 1. The molecule has 0 saturated heterocycles. The second kappa shape index (κ2) is 9.58. The number of aryl methyl sites for hydroxylation is 1. The molecule has 0 aliphatic carbocycles. The fourth-order valence-corrected chi connectivity index (χ4v) is 3.19. The molecule has 6 nitrogen and oxygen atoms in total. The first-order valence-corrected chi connectivity index (χ1v) is 9.72. The Morgan fingerprint density at radius 1 is 1.24 bits per heavy atom. The second-order valence-electron chi connectivity index (χ2n) is 6.50. The molecule has 1 aromatic heterocycles. The normalized spacial score (nSPS) is 11.9. The molecule has 0 saturated carbocycles. The summed E-state index contributed by atoms with van der Waals surface area (Å²) < 4.78 is 16.4. The molecule has 1 unspecified atom stereocenters. The number of nitrogens with zero attached hydrogens (tertiary/aromatic N) is 1. The van der Waals surface area contributed by atoms with E-state index in [9.17, 15) is 4.79 Å². The molecule has 0 bridgehead atoms. The average molecular weight is 415 g/mol. The Morgan fingerprint density at radius 3 is 2.79 bits per heavy atom. The minimum absolute atomic E-state index is 0.461. The van der Waals surface area contributed by atoms with Crippen LogP contribution in [0.25, 0.3) is 11.3 Å². The van der Waals surface area contributed by atoms with Crippen molar-refractivity contribution in [2.45, 2.75) is 33.5 Å². The minimum atomic E-state index is -0.615. The molecule has 1 heterocycles. The van der Waals surface area contributed by atoms with Crippen molar-refractivity contribution in [1.82, 2.24) is 5.16 Å². The molecule has 3 rings (SSSR count). The maximum Gasteiger partial charge on any atom is 0.412 e. The highest BCUT2D eigenvalue weighted by Gasteiger charge is 2.20. The van der Waals surface area contributed by atoms with Crippen molar-refractivity contribution in [3.8, 4) is 11.3 Å². The van der Waals surface area contributed by atoms with E-state index < -0.39 is 12.2 Å². The summed E-state index contributed by atoms with van der Waals surface area (Å²) >= 11 is 6.18. The summed E-state index contributed by atoms with van der Waals surface area (Å²) in [5.41, 5.74) is 3.54. The number of benzene rings is 2. The number of amides is 1. The van der Waals surface area contributed by atoms with E-state index >= 15 is 0 Å². The van der Waals surface area contributed by atoms with E-state index in [-0.39, 0.29) is 0 Å². The van der Waals surface area contributed by atoms with Gasteiger partial charge in [-0.3, -0.25) is 5.32 Å². The first-order valence-electron chi connectivity index (χ1n) is 9.35. The number of hydrogen-bond donors (Lipinski definition) is 1. The molecule has 0 fully saturated rings. The predicted octanol–water partition coefficient (Wildman–Crippen LogP) is 6.15. The highest BCUT2D eigenvalue weighted by atomic mass is 35.5. The lowest BCUT2D eigenvalue weighted by Gasteiger charge is -2.15. The van der Waals surface area contributed by atoms with Crippen LogP contribution in [-0.4, -0.2) is 17.9 Å². The quantitative estimate of drug-likeness (QED) is 0.501. The van der Waals surface area contributed by atoms with E-state index in [0.29, 0.717) is 35.4 Å². The van der Waals surface area contributed by atoms with Gasteiger partial charge in [-0.1, -0.05) is 53.2 Å². The predicted molar refractivity (Wildman–Crippen MR) is 112 cm³/mol. The monoisotopic (exact) mass is 414 g/mol. The zero-order valence-corrected chi connectivity index (χ0v) is 17.3. The van der Waals surface area contributed by atoms with Gasteiger partial charge in [0.25, 0.3) is 0 Å². The molecule has 3 aromatic rings. The van der Waals surface area contributed by atoms with Crippen LogP contribution in [-0.2, 0) is 16.1 Å². The Hall–Kier alpha value is -2.83. The molecule has 29 heavy (non-hydrogen) atoms. The fourth-order valence-electron chi connectivity index (χ4n) is 2.90. The van der Waals surface area contributed by atoms with Crippen LogP contribution in [0.1, 0.15) is 36.8 Å². The number of carbonyl (C=O) groups excluding carboxylic acids is 1. The molecule has 152 valence electrons. The van der Waals surface area contributed by atoms with Crippen molar-refractivity contribution < 1.29 is 18.8 Å². The van der Waals surface area contributed by atoms with Gasteiger partial charge >= 0.3 is 6.09 Å². The van der Waals surface area contributed by atoms with Crippen LogP contribution < -0.4 is 5.32 Å². The van der Waals surface area contributed by atoms with Gasteiger partial charge in [0.2, 0.25) is 0 Å². The van der Waals surface area contributed by atoms with Crippen LogP contribution in [0.15, 0.2) is 53.1 Å². The molecule has 0 aliphatic heterocycles. The van der Waals surface area contributed by atoms with Gasteiger partial charge in [-0.2, -0.15) is 0 Å². The van der Waals surface area contributed by atoms with Gasteiger partial charge in [-0.25, -0.2) is 4.79 Å². The lowest BCUT2D eigenvalue weighted by molar-refractivity contribution is 0.121. The lowest BCUT2D eigenvalue weighted by Crippen LogP contribution is -2.17. The molecule has 1 N–H and O–H groups in total. The number of rotatable bonds is 7. The van der Waals surface area contributed by atoms with E-state index in [2.05, 4.69) is 10.5 Å². The third-order valence-electron chi connectivity index (χ3n) is 4.38. The van der Waals surface area contributed by atoms with E-state index in [0.717, 1.165) is 16.7 Å². The maximum absolute atomic E-state index is 12.5. The number of ether oxygens (including phenoxy) is 2. The summed E-state index contributed by atoms with van der Waals surface area (Å²) in [7, 11) is 0. The van der Waals surface area contributed by atoms with Crippen LogP contribution in [0.3, 0.4) is 0 Å². The highest BCUT2D eigenvalue weighted by molar-refractivity contribution is 6.31. The number of hydrogen-bond acceptors (Lipinski definition) is 5. The molecule has 0 spiro atoms. The van der Waals surface area contributed by atoms with Gasteiger partial charge in [0.1, 0.15) is 17.5 Å². The number of carbonyl (C=O) groups is 1. The Morgan fingerprint density at radius 2 is 2.03 bits per heavy atom. The van der Waals surface area contributed by atoms with Gasteiger partial charge in [0.15, 0.2) is 5.76 Å². The largest absolute Gasteiger partial charge is 0.441 e. The van der Waals surface area contributed by atoms with Crippen molar-refractivity contribution in [3.63, 3.8) is 0 Å². The summed E-state index contributed by atoms with van der Waals surface area (Å²) in [5, 5.41) is 7.28. The summed E-state index contributed by atoms with van der Waals surface area (Å²) in [4.78, 5) is 12.5. The number of aromatic nitrogens is 1. The Kier molecular flexibility index (Phi) is 6.90. The van der Waals surface area contributed by atoms with Gasteiger partial charge in [0, 0.05) is 22.8 Å². The first-order chi connectivity index (χ1) is 14.0. The van der Waals surface area contributed by atoms with Crippen molar-refractivity contribution in [2.75, 3.05) is 11.9 Å². The van der Waals surface area contributed by atoms with Crippen LogP contribution in [0.4, 0.5) is 10.5 Å². The van der Waals surface area contributed by atoms with Crippen molar-refractivity contribution in [3.05, 3.63) is 70.4 Å². The van der Waals surface area contributed by atoms with Gasteiger partial charge in [0.05, 0.1) is 6.61 Å². The topological polar surface area (TPSA) is 73.6 Å². The maximum atomic E-state index is 12.5. The van der Waals surface area contributed by atoms with Gasteiger partial charge in [-0.05, 0) is 38.5 Å². The summed E-state index contributed by atoms with van der Waals surface area (Å²) in [6.45, 7) is 6.59. The smallest absolute Gasteiger partial charge is 0.412 e.